The van der Waals surface area contributed by atoms with Gasteiger partial charge in [-0.3, -0.25) is 0 Å². The largest absolute Gasteiger partial charge is 0.396 e. The molecule has 1 fully saturated rings. The number of hydrogen-bond donors (Lipinski definition) is 3. The number of rotatable bonds is 7. The zero-order chi connectivity index (χ0) is 19.2. The van der Waals surface area contributed by atoms with E-state index in [0.29, 0.717) is 17.7 Å². The number of nitrogen functional groups attached to an aromatic ring is 1. The normalized spacial score (nSPS) is 16.0. The number of aryl methyl sites for hydroxylation is 1. The van der Waals surface area contributed by atoms with Crippen LogP contribution in [0.15, 0.2) is 24.3 Å². The molecule has 0 unspecified atom stereocenters. The highest BCUT2D eigenvalue weighted by Gasteiger charge is 2.20. The number of nitrogens with one attached hydrogen (secondary N) is 2. The van der Waals surface area contributed by atoms with E-state index in [-0.39, 0.29) is 30.5 Å². The summed E-state index contributed by atoms with van der Waals surface area (Å²) in [6.07, 6.45) is 5.42. The second-order valence-corrected chi connectivity index (χ2v) is 7.08. The number of piperidine rings is 1. The van der Waals surface area contributed by atoms with Crippen LogP contribution in [-0.4, -0.2) is 36.1 Å². The highest BCUT2D eigenvalue weighted by molar-refractivity contribution is 5.85. The standard InChI is InChI=1S/C20H29FN6.2ClH/c1-3-4-6-14-12-19(27-10-5-7-16(13-27)23-2)26-20(24-14)25-15-8-9-17(21)18(22)11-15;;/h8-9,11-12,16,23H,3-7,10,13,22H2,1-2H3,(H,24,25,26);2*1H/t16-;;/m1../s1. The number of aromatic nitrogens is 2. The Balaban J connectivity index is 0.00000210. The maximum atomic E-state index is 13.4. The molecular formula is C20H31Cl2FN6. The Labute approximate surface area is 184 Å². The number of halogens is 3. The van der Waals surface area contributed by atoms with Crippen LogP contribution in [0.2, 0.25) is 0 Å². The fourth-order valence-electron chi connectivity index (χ4n) is 3.36. The van der Waals surface area contributed by atoms with Crippen molar-refractivity contribution in [1.82, 2.24) is 15.3 Å². The summed E-state index contributed by atoms with van der Waals surface area (Å²) in [6.45, 7) is 4.10. The number of nitrogens with two attached hydrogens (primary N) is 1. The predicted octanol–water partition coefficient (Wildman–Crippen LogP) is 4.32. The number of nitrogens with zero attached hydrogens (tertiary/aromatic N) is 3. The van der Waals surface area contributed by atoms with Gasteiger partial charge in [-0.15, -0.1) is 24.8 Å². The molecule has 162 valence electrons. The van der Waals surface area contributed by atoms with Crippen molar-refractivity contribution in [2.45, 2.75) is 45.1 Å². The maximum Gasteiger partial charge on any atom is 0.229 e. The van der Waals surface area contributed by atoms with Gasteiger partial charge in [-0.2, -0.15) is 4.98 Å². The molecule has 3 rings (SSSR count). The Bertz CT molecular complexity index is 777. The second kappa shape index (κ2) is 12.0. The third kappa shape index (κ3) is 6.87. The smallest absolute Gasteiger partial charge is 0.229 e. The van der Waals surface area contributed by atoms with E-state index in [4.69, 9.17) is 10.7 Å². The zero-order valence-corrected chi connectivity index (χ0v) is 18.6. The molecule has 1 aromatic carbocycles. The summed E-state index contributed by atoms with van der Waals surface area (Å²) in [5.74, 6) is 1.04. The van der Waals surface area contributed by atoms with Crippen LogP contribution in [0.3, 0.4) is 0 Å². The van der Waals surface area contributed by atoms with Gasteiger partial charge in [-0.1, -0.05) is 13.3 Å². The van der Waals surface area contributed by atoms with Crippen molar-refractivity contribution in [2.24, 2.45) is 0 Å². The third-order valence-corrected chi connectivity index (χ3v) is 4.96. The Kier molecular flexibility index (Phi) is 10.4. The van der Waals surface area contributed by atoms with Gasteiger partial charge in [-0.05, 0) is 50.9 Å². The summed E-state index contributed by atoms with van der Waals surface area (Å²) in [5.41, 5.74) is 7.48. The minimum absolute atomic E-state index is 0. The van der Waals surface area contributed by atoms with E-state index in [1.165, 1.54) is 12.5 Å². The lowest BCUT2D eigenvalue weighted by Gasteiger charge is -2.33. The second-order valence-electron chi connectivity index (χ2n) is 7.08. The molecular weight excluding hydrogens is 414 g/mol. The first kappa shape index (κ1) is 25.2. The van der Waals surface area contributed by atoms with E-state index in [9.17, 15) is 4.39 Å². The molecule has 6 nitrogen and oxygen atoms in total. The summed E-state index contributed by atoms with van der Waals surface area (Å²) < 4.78 is 13.4. The first-order chi connectivity index (χ1) is 13.1. The fourth-order valence-corrected chi connectivity index (χ4v) is 3.36. The Hall–Kier alpha value is -1.83. The first-order valence-corrected chi connectivity index (χ1v) is 9.71. The molecule has 0 radical (unpaired) electrons. The van der Waals surface area contributed by atoms with E-state index in [1.54, 1.807) is 12.1 Å². The van der Waals surface area contributed by atoms with Crippen molar-refractivity contribution in [3.63, 3.8) is 0 Å². The number of likely N-dealkylation sites (N-methyl/N-ethyl adjacent to an activating group) is 1. The van der Waals surface area contributed by atoms with E-state index in [0.717, 1.165) is 50.3 Å². The van der Waals surface area contributed by atoms with Crippen LogP contribution in [0.5, 0.6) is 0 Å². The van der Waals surface area contributed by atoms with Crippen LogP contribution in [0.4, 0.5) is 27.5 Å². The van der Waals surface area contributed by atoms with Gasteiger partial charge in [-0.25, -0.2) is 9.37 Å². The van der Waals surface area contributed by atoms with Crippen molar-refractivity contribution in [3.8, 4) is 0 Å². The summed E-state index contributed by atoms with van der Waals surface area (Å²) in [4.78, 5) is 11.7. The molecule has 2 heterocycles. The molecule has 0 aliphatic carbocycles. The predicted molar refractivity (Wildman–Crippen MR) is 124 cm³/mol. The molecule has 1 aliphatic rings. The van der Waals surface area contributed by atoms with Crippen LogP contribution in [0.25, 0.3) is 0 Å². The third-order valence-electron chi connectivity index (χ3n) is 4.96. The van der Waals surface area contributed by atoms with E-state index in [1.807, 2.05) is 7.05 Å². The monoisotopic (exact) mass is 444 g/mol. The highest BCUT2D eigenvalue weighted by atomic mass is 35.5. The van der Waals surface area contributed by atoms with Gasteiger partial charge in [0, 0.05) is 36.6 Å². The molecule has 2 aromatic rings. The summed E-state index contributed by atoms with van der Waals surface area (Å²) in [7, 11) is 2.01. The van der Waals surface area contributed by atoms with Crippen LogP contribution >= 0.6 is 24.8 Å². The quantitative estimate of drug-likeness (QED) is 0.551. The minimum Gasteiger partial charge on any atom is -0.396 e. The minimum atomic E-state index is -0.426. The molecule has 0 saturated carbocycles. The van der Waals surface area contributed by atoms with Gasteiger partial charge in [0.15, 0.2) is 0 Å². The Morgan fingerprint density at radius 1 is 1.24 bits per heavy atom. The molecule has 0 spiro atoms. The molecule has 1 atom stereocenters. The topological polar surface area (TPSA) is 79.1 Å². The molecule has 9 heteroatoms. The highest BCUT2D eigenvalue weighted by Crippen LogP contribution is 2.24. The van der Waals surface area contributed by atoms with Gasteiger partial charge >= 0.3 is 0 Å². The van der Waals surface area contributed by atoms with Gasteiger partial charge < -0.3 is 21.3 Å². The molecule has 29 heavy (non-hydrogen) atoms. The maximum absolute atomic E-state index is 13.4. The molecule has 4 N–H and O–H groups in total. The van der Waals surface area contributed by atoms with E-state index in [2.05, 4.69) is 33.5 Å². The van der Waals surface area contributed by atoms with Crippen LogP contribution in [0.1, 0.15) is 38.3 Å². The number of anilines is 4. The summed E-state index contributed by atoms with van der Waals surface area (Å²) in [5, 5.41) is 6.55. The molecule has 1 aliphatic heterocycles. The van der Waals surface area contributed by atoms with Crippen LogP contribution in [-0.2, 0) is 6.42 Å². The zero-order valence-electron chi connectivity index (χ0n) is 16.9. The van der Waals surface area contributed by atoms with Gasteiger partial charge in [0.2, 0.25) is 5.95 Å². The summed E-state index contributed by atoms with van der Waals surface area (Å²) >= 11 is 0. The Morgan fingerprint density at radius 3 is 2.72 bits per heavy atom. The molecule has 0 amide bonds. The van der Waals surface area contributed by atoms with Gasteiger partial charge in [0.1, 0.15) is 11.6 Å². The lowest BCUT2D eigenvalue weighted by atomic mass is 10.1. The molecule has 1 aromatic heterocycles. The van der Waals surface area contributed by atoms with Crippen molar-refractivity contribution in [1.29, 1.82) is 0 Å². The summed E-state index contributed by atoms with van der Waals surface area (Å²) in [6, 6.07) is 7.13. The van der Waals surface area contributed by atoms with Crippen molar-refractivity contribution < 1.29 is 4.39 Å². The molecule has 0 bridgehead atoms. The first-order valence-electron chi connectivity index (χ1n) is 9.71. The van der Waals surface area contributed by atoms with E-state index < -0.39 is 5.82 Å². The Morgan fingerprint density at radius 2 is 2.03 bits per heavy atom. The number of unbranched alkanes of at least 4 members (excludes halogenated alkanes) is 1. The lowest BCUT2D eigenvalue weighted by molar-refractivity contribution is 0.447. The SMILES string of the molecule is CCCCc1cc(N2CCC[C@@H](NC)C2)nc(Nc2ccc(F)c(N)c2)n1.Cl.Cl. The van der Waals surface area contributed by atoms with Gasteiger partial charge in [0.25, 0.3) is 0 Å². The van der Waals surface area contributed by atoms with Crippen molar-refractivity contribution in [2.75, 3.05) is 36.1 Å². The van der Waals surface area contributed by atoms with Crippen LogP contribution in [0, 0.1) is 5.82 Å². The molecule has 1 saturated heterocycles. The average Bonchev–Trinajstić information content (AvgIpc) is 2.69. The van der Waals surface area contributed by atoms with Crippen molar-refractivity contribution >= 4 is 48.0 Å². The number of benzene rings is 1. The van der Waals surface area contributed by atoms with Gasteiger partial charge in [0.05, 0.1) is 5.69 Å². The van der Waals surface area contributed by atoms with Crippen LogP contribution < -0.4 is 21.3 Å². The fraction of sp³-hybridized carbons (Fsp3) is 0.500. The number of hydrogen-bond acceptors (Lipinski definition) is 6. The van der Waals surface area contributed by atoms with E-state index >= 15 is 0 Å². The lowest BCUT2D eigenvalue weighted by Crippen LogP contribution is -2.44. The van der Waals surface area contributed by atoms with Crippen molar-refractivity contribution in [3.05, 3.63) is 35.8 Å². The average molecular weight is 445 g/mol.